The molecule has 0 aromatic rings. The fraction of sp³-hybridized carbons (Fsp3) is 1.00. The number of halogens is 7. The summed E-state index contributed by atoms with van der Waals surface area (Å²) in [4.78, 5) is 0. The summed E-state index contributed by atoms with van der Waals surface area (Å²) in [6, 6.07) is 0. The Kier molecular flexibility index (Phi) is 3.72. The minimum atomic E-state index is -5.24. The van der Waals surface area contributed by atoms with Crippen LogP contribution in [0.15, 0.2) is 0 Å². The minimum Gasteiger partial charge on any atom is -0.357 e. The van der Waals surface area contributed by atoms with Crippen LogP contribution < -0.4 is 0 Å². The highest BCUT2D eigenvalue weighted by atomic mass is 35.6. The highest BCUT2D eigenvalue weighted by Crippen LogP contribution is 2.47. The Labute approximate surface area is 85.0 Å². The maximum absolute atomic E-state index is 12.3. The van der Waals surface area contributed by atoms with Crippen LogP contribution >= 0.6 is 34.8 Å². The molecule has 0 fully saturated rings. The largest absolute Gasteiger partial charge is 0.363 e. The monoisotopic (exact) mass is 264 g/mol. The quantitative estimate of drug-likeness (QED) is 0.455. The van der Waals surface area contributed by atoms with Crippen molar-refractivity contribution in [1.29, 1.82) is 0 Å². The number of alkyl halides is 7. The smallest absolute Gasteiger partial charge is 0.357 e. The van der Waals surface area contributed by atoms with Gasteiger partial charge in [-0.05, 0) is 0 Å². The van der Waals surface area contributed by atoms with Crippen molar-refractivity contribution in [2.45, 2.75) is 21.9 Å². The molecular weight excluding hydrogens is 262 g/mol. The van der Waals surface area contributed by atoms with E-state index in [-0.39, 0.29) is 0 Å². The molecule has 0 aromatic heterocycles. The number of hydrogen-bond donors (Lipinski definition) is 2. The van der Waals surface area contributed by atoms with Gasteiger partial charge in [-0.15, -0.1) is 0 Å². The average Bonchev–Trinajstić information content (AvgIpc) is 1.84. The molecule has 0 amide bonds. The van der Waals surface area contributed by atoms with Gasteiger partial charge in [-0.1, -0.05) is 34.8 Å². The predicted molar refractivity (Wildman–Crippen MR) is 38.4 cm³/mol. The van der Waals surface area contributed by atoms with Crippen molar-refractivity contribution in [3.05, 3.63) is 0 Å². The average molecular weight is 265 g/mol. The fourth-order valence-corrected chi connectivity index (χ4v) is 0.719. The van der Waals surface area contributed by atoms with Gasteiger partial charge in [0, 0.05) is 0 Å². The zero-order valence-corrected chi connectivity index (χ0v) is 7.89. The molecule has 13 heavy (non-hydrogen) atoms. The van der Waals surface area contributed by atoms with Crippen LogP contribution in [0.2, 0.25) is 0 Å². The topological polar surface area (TPSA) is 40.5 Å². The van der Waals surface area contributed by atoms with Gasteiger partial charge in [-0.3, -0.25) is 0 Å². The van der Waals surface area contributed by atoms with Gasteiger partial charge in [-0.2, -0.15) is 8.78 Å². The first-order valence-corrected chi connectivity index (χ1v) is 3.75. The van der Waals surface area contributed by atoms with E-state index >= 15 is 0 Å². The highest BCUT2D eigenvalue weighted by molar-refractivity contribution is 6.68. The van der Waals surface area contributed by atoms with Crippen molar-refractivity contribution >= 4 is 34.8 Å². The van der Waals surface area contributed by atoms with E-state index in [0.717, 1.165) is 0 Å². The van der Waals surface area contributed by atoms with Gasteiger partial charge < -0.3 is 10.2 Å². The van der Waals surface area contributed by atoms with E-state index in [1.807, 2.05) is 0 Å². The maximum atomic E-state index is 12.3. The number of rotatable bonds is 2. The van der Waals surface area contributed by atoms with Crippen molar-refractivity contribution in [2.24, 2.45) is 0 Å². The lowest BCUT2D eigenvalue weighted by molar-refractivity contribution is -0.328. The molecule has 80 valence electrons. The van der Waals surface area contributed by atoms with Crippen molar-refractivity contribution in [1.82, 2.24) is 0 Å². The molecule has 0 aliphatic heterocycles. The Balaban J connectivity index is 5.04. The molecule has 0 bridgehead atoms. The zero-order valence-electron chi connectivity index (χ0n) is 5.62. The fourth-order valence-electron chi connectivity index (χ4n) is 0.341. The third-order valence-electron chi connectivity index (χ3n) is 1.13. The molecule has 0 radical (unpaired) electrons. The summed E-state index contributed by atoms with van der Waals surface area (Å²) in [7, 11) is 0. The molecule has 0 spiro atoms. The Hall–Kier alpha value is 0.510. The molecule has 2 nitrogen and oxygen atoms in total. The van der Waals surface area contributed by atoms with Gasteiger partial charge in [0.1, 0.15) is 0 Å². The Morgan fingerprint density at radius 2 is 1.31 bits per heavy atom. The van der Waals surface area contributed by atoms with Crippen molar-refractivity contribution < 1.29 is 27.8 Å². The normalized spacial score (nSPS) is 15.2. The summed E-state index contributed by atoms with van der Waals surface area (Å²) in [5.74, 6) is -9.67. The van der Waals surface area contributed by atoms with E-state index in [4.69, 9.17) is 10.2 Å². The van der Waals surface area contributed by atoms with Crippen molar-refractivity contribution in [2.75, 3.05) is 0 Å². The summed E-state index contributed by atoms with van der Waals surface area (Å²) in [6.45, 7) is 0. The lowest BCUT2D eigenvalue weighted by atomic mass is 10.1. The van der Waals surface area contributed by atoms with E-state index < -0.39 is 21.9 Å². The molecule has 0 unspecified atom stereocenters. The second-order valence-corrected chi connectivity index (χ2v) is 4.37. The van der Waals surface area contributed by atoms with E-state index in [2.05, 4.69) is 34.8 Å². The summed E-state index contributed by atoms with van der Waals surface area (Å²) in [6.07, 6.45) is -4.36. The molecule has 0 aliphatic carbocycles. The Morgan fingerprint density at radius 3 is 1.38 bits per heavy atom. The van der Waals surface area contributed by atoms with Gasteiger partial charge in [0.25, 0.3) is 5.79 Å². The van der Waals surface area contributed by atoms with Crippen LogP contribution in [0.3, 0.4) is 0 Å². The summed E-state index contributed by atoms with van der Waals surface area (Å²) in [5, 5.41) is 17.0. The molecule has 0 saturated heterocycles. The van der Waals surface area contributed by atoms with E-state index in [1.165, 1.54) is 0 Å². The number of aliphatic hydroxyl groups is 2. The van der Waals surface area contributed by atoms with E-state index in [0.29, 0.717) is 0 Å². The molecule has 0 rings (SSSR count). The molecule has 0 aromatic carbocycles. The SMILES string of the molecule is OC(O)(C(Cl)(Cl)Cl)C(F)(F)C(F)F. The second-order valence-electron chi connectivity index (χ2n) is 2.09. The van der Waals surface area contributed by atoms with Gasteiger partial charge in [-0.25, -0.2) is 8.78 Å². The summed E-state index contributed by atoms with van der Waals surface area (Å²) in [5.41, 5.74) is 0. The molecular formula is C4H3Cl3F4O2. The Bertz CT molecular complexity index is 190. The predicted octanol–water partition coefficient (Wildman–Crippen LogP) is 1.94. The lowest BCUT2D eigenvalue weighted by Gasteiger charge is -2.34. The summed E-state index contributed by atoms with van der Waals surface area (Å²) >= 11 is 14.0. The van der Waals surface area contributed by atoms with Gasteiger partial charge in [0.15, 0.2) is 0 Å². The minimum absolute atomic E-state index is 3.34. The molecule has 2 N–H and O–H groups in total. The van der Waals surface area contributed by atoms with Crippen LogP contribution in [0.25, 0.3) is 0 Å². The van der Waals surface area contributed by atoms with Crippen LogP contribution in [0.5, 0.6) is 0 Å². The van der Waals surface area contributed by atoms with Gasteiger partial charge >= 0.3 is 12.3 Å². The first-order chi connectivity index (χ1) is 5.44. The van der Waals surface area contributed by atoms with Crippen LogP contribution in [-0.4, -0.2) is 32.1 Å². The Morgan fingerprint density at radius 1 is 1.00 bits per heavy atom. The highest BCUT2D eigenvalue weighted by Gasteiger charge is 2.68. The standard InChI is InChI=1S/C4H3Cl3F4O2/c5-4(6,7)3(12,13)2(10,11)1(8)9/h1,12-13H. The first kappa shape index (κ1) is 13.5. The van der Waals surface area contributed by atoms with Crippen LogP contribution in [-0.2, 0) is 0 Å². The molecule has 0 saturated carbocycles. The second kappa shape index (κ2) is 3.58. The van der Waals surface area contributed by atoms with E-state index in [9.17, 15) is 17.6 Å². The molecule has 9 heteroatoms. The van der Waals surface area contributed by atoms with Crippen LogP contribution in [0.1, 0.15) is 0 Å². The van der Waals surface area contributed by atoms with Gasteiger partial charge in [0.2, 0.25) is 3.79 Å². The van der Waals surface area contributed by atoms with Gasteiger partial charge in [0.05, 0.1) is 0 Å². The van der Waals surface area contributed by atoms with Crippen LogP contribution in [0, 0.1) is 0 Å². The third-order valence-corrected chi connectivity index (χ3v) is 1.92. The van der Waals surface area contributed by atoms with E-state index in [1.54, 1.807) is 0 Å². The number of hydrogen-bond acceptors (Lipinski definition) is 2. The lowest BCUT2D eigenvalue weighted by Crippen LogP contribution is -2.60. The zero-order chi connectivity index (χ0) is 11.1. The summed E-state index contributed by atoms with van der Waals surface area (Å²) < 4.78 is 44.5. The molecule has 0 heterocycles. The van der Waals surface area contributed by atoms with Crippen molar-refractivity contribution in [3.63, 3.8) is 0 Å². The first-order valence-electron chi connectivity index (χ1n) is 2.62. The molecule has 0 aliphatic rings. The van der Waals surface area contributed by atoms with Crippen LogP contribution in [0.4, 0.5) is 17.6 Å². The third kappa shape index (κ3) is 2.30. The van der Waals surface area contributed by atoms with Crippen molar-refractivity contribution in [3.8, 4) is 0 Å². The maximum Gasteiger partial charge on any atom is 0.363 e. The molecule has 0 atom stereocenters.